The van der Waals surface area contributed by atoms with Crippen molar-refractivity contribution in [2.45, 2.75) is 31.8 Å². The minimum atomic E-state index is -3.70. The molecule has 6 nitrogen and oxygen atoms in total. The van der Waals surface area contributed by atoms with Crippen LogP contribution in [0.5, 0.6) is 5.75 Å². The Morgan fingerprint density at radius 1 is 1.07 bits per heavy atom. The number of halogens is 2. The highest BCUT2D eigenvalue weighted by molar-refractivity contribution is 7.89. The quantitative estimate of drug-likeness (QED) is 0.715. The molecule has 0 unspecified atom stereocenters. The number of hydrogen-bond donors (Lipinski definition) is 2. The van der Waals surface area contributed by atoms with E-state index in [1.165, 1.54) is 30.3 Å². The van der Waals surface area contributed by atoms with Gasteiger partial charge in [-0.2, -0.15) is 8.78 Å². The van der Waals surface area contributed by atoms with E-state index in [2.05, 4.69) is 14.8 Å². The van der Waals surface area contributed by atoms with Gasteiger partial charge < -0.3 is 10.1 Å². The number of sulfonamides is 1. The molecule has 0 bridgehead atoms. The van der Waals surface area contributed by atoms with Crippen molar-refractivity contribution in [2.24, 2.45) is 0 Å². The lowest BCUT2D eigenvalue weighted by atomic mass is 10.1. The number of ether oxygens (including phenoxy) is 1. The molecule has 0 saturated carbocycles. The summed E-state index contributed by atoms with van der Waals surface area (Å²) < 4.78 is 55.2. The van der Waals surface area contributed by atoms with Gasteiger partial charge in [0, 0.05) is 18.7 Å². The Kier molecular flexibility index (Phi) is 6.86. The van der Waals surface area contributed by atoms with Crippen LogP contribution >= 0.6 is 0 Å². The van der Waals surface area contributed by atoms with E-state index in [9.17, 15) is 22.0 Å². The first-order valence-electron chi connectivity index (χ1n) is 8.09. The van der Waals surface area contributed by atoms with E-state index in [1.807, 2.05) is 13.8 Å². The van der Waals surface area contributed by atoms with Crippen LogP contribution in [0.25, 0.3) is 0 Å². The molecular formula is C18H20F2N2O4S. The third-order valence-corrected chi connectivity index (χ3v) is 5.25. The summed E-state index contributed by atoms with van der Waals surface area (Å²) in [6.45, 7) is 0.707. The van der Waals surface area contributed by atoms with Crippen LogP contribution in [0.2, 0.25) is 0 Å². The molecule has 146 valence electrons. The Balaban J connectivity index is 1.85. The summed E-state index contributed by atoms with van der Waals surface area (Å²) in [5, 5.41) is 2.55. The lowest BCUT2D eigenvalue weighted by Gasteiger charge is -2.10. The zero-order valence-corrected chi connectivity index (χ0v) is 15.6. The van der Waals surface area contributed by atoms with Crippen molar-refractivity contribution < 1.29 is 26.7 Å². The van der Waals surface area contributed by atoms with Gasteiger partial charge >= 0.3 is 6.61 Å². The largest absolute Gasteiger partial charge is 0.435 e. The minimum absolute atomic E-state index is 0.0239. The number of aryl methyl sites for hydroxylation is 2. The average Bonchev–Trinajstić information content (AvgIpc) is 2.58. The van der Waals surface area contributed by atoms with Crippen LogP contribution in [0.1, 0.15) is 17.5 Å². The fourth-order valence-corrected chi connectivity index (χ4v) is 3.32. The lowest BCUT2D eigenvalue weighted by molar-refractivity contribution is -0.116. The highest BCUT2D eigenvalue weighted by Crippen LogP contribution is 2.18. The molecule has 0 aliphatic heterocycles. The van der Waals surface area contributed by atoms with Gasteiger partial charge in [0.1, 0.15) is 5.75 Å². The van der Waals surface area contributed by atoms with Crippen molar-refractivity contribution in [3.05, 3.63) is 53.6 Å². The van der Waals surface area contributed by atoms with E-state index in [0.29, 0.717) is 5.69 Å². The average molecular weight is 398 g/mol. The van der Waals surface area contributed by atoms with Crippen LogP contribution in [0.15, 0.2) is 47.4 Å². The van der Waals surface area contributed by atoms with Gasteiger partial charge in [0.05, 0.1) is 4.90 Å². The second-order valence-electron chi connectivity index (χ2n) is 5.84. The standard InChI is InChI=1S/C18H20F2N2O4S/c1-12-3-8-16(11-13(12)2)27(24,25)21-10-9-17(23)22-14-4-6-15(7-5-14)26-18(19)20/h3-8,11,18,21H,9-10H2,1-2H3,(H,22,23). The number of carbonyl (C=O) groups excluding carboxylic acids is 1. The van der Waals surface area contributed by atoms with E-state index >= 15 is 0 Å². The monoisotopic (exact) mass is 398 g/mol. The normalized spacial score (nSPS) is 11.4. The van der Waals surface area contributed by atoms with Gasteiger partial charge in [0.25, 0.3) is 0 Å². The van der Waals surface area contributed by atoms with Crippen molar-refractivity contribution in [2.75, 3.05) is 11.9 Å². The highest BCUT2D eigenvalue weighted by atomic mass is 32.2. The molecule has 2 rings (SSSR count). The number of benzene rings is 2. The topological polar surface area (TPSA) is 84.5 Å². The maximum atomic E-state index is 12.2. The second-order valence-corrected chi connectivity index (χ2v) is 7.61. The van der Waals surface area contributed by atoms with Gasteiger partial charge in [0.2, 0.25) is 15.9 Å². The predicted octanol–water partition coefficient (Wildman–Crippen LogP) is 3.21. The van der Waals surface area contributed by atoms with Gasteiger partial charge in [-0.05, 0) is 61.4 Å². The molecule has 0 saturated heterocycles. The number of hydrogen-bond acceptors (Lipinski definition) is 4. The Hall–Kier alpha value is -2.52. The molecular weight excluding hydrogens is 378 g/mol. The second kappa shape index (κ2) is 8.92. The van der Waals surface area contributed by atoms with Gasteiger partial charge in [-0.15, -0.1) is 0 Å². The van der Waals surface area contributed by atoms with E-state index in [-0.39, 0.29) is 23.6 Å². The molecule has 2 aromatic rings. The first-order valence-corrected chi connectivity index (χ1v) is 9.57. The summed E-state index contributed by atoms with van der Waals surface area (Å²) in [6, 6.07) is 10.2. The third kappa shape index (κ3) is 6.30. The number of anilines is 1. The fraction of sp³-hybridized carbons (Fsp3) is 0.278. The molecule has 0 fully saturated rings. The van der Waals surface area contributed by atoms with E-state index in [0.717, 1.165) is 11.1 Å². The first-order chi connectivity index (χ1) is 12.7. The molecule has 0 radical (unpaired) electrons. The number of carbonyl (C=O) groups is 1. The highest BCUT2D eigenvalue weighted by Gasteiger charge is 2.15. The van der Waals surface area contributed by atoms with Crippen molar-refractivity contribution in [1.82, 2.24) is 4.72 Å². The molecule has 0 atom stereocenters. The number of alkyl halides is 2. The number of nitrogens with one attached hydrogen (secondary N) is 2. The van der Waals surface area contributed by atoms with Gasteiger partial charge in [0.15, 0.2) is 0 Å². The van der Waals surface area contributed by atoms with Crippen molar-refractivity contribution in [1.29, 1.82) is 0 Å². The van der Waals surface area contributed by atoms with Gasteiger partial charge in [-0.3, -0.25) is 4.79 Å². The molecule has 0 heterocycles. The first kappa shape index (κ1) is 20.8. The molecule has 2 N–H and O–H groups in total. The molecule has 9 heteroatoms. The van der Waals surface area contributed by atoms with Gasteiger partial charge in [-0.25, -0.2) is 13.1 Å². The molecule has 0 aliphatic rings. The zero-order valence-electron chi connectivity index (χ0n) is 14.8. The smallest absolute Gasteiger partial charge is 0.387 e. The third-order valence-electron chi connectivity index (χ3n) is 3.80. The number of amides is 1. The van der Waals surface area contributed by atoms with Crippen molar-refractivity contribution in [3.8, 4) is 5.75 Å². The van der Waals surface area contributed by atoms with Crippen LogP contribution in [-0.4, -0.2) is 27.5 Å². The summed E-state index contributed by atoms with van der Waals surface area (Å²) in [5.74, 6) is -0.440. The van der Waals surface area contributed by atoms with Crippen molar-refractivity contribution in [3.63, 3.8) is 0 Å². The van der Waals surface area contributed by atoms with Crippen LogP contribution in [0.4, 0.5) is 14.5 Å². The summed E-state index contributed by atoms with van der Waals surface area (Å²) in [4.78, 5) is 12.0. The zero-order chi connectivity index (χ0) is 20.0. The maximum Gasteiger partial charge on any atom is 0.387 e. The van der Waals surface area contributed by atoms with Crippen LogP contribution in [-0.2, 0) is 14.8 Å². The number of rotatable bonds is 8. The summed E-state index contributed by atoms with van der Waals surface area (Å²) >= 11 is 0. The Morgan fingerprint density at radius 3 is 2.33 bits per heavy atom. The van der Waals surface area contributed by atoms with E-state index in [4.69, 9.17) is 0 Å². The lowest BCUT2D eigenvalue weighted by Crippen LogP contribution is -2.28. The molecule has 2 aromatic carbocycles. The van der Waals surface area contributed by atoms with Crippen LogP contribution in [0, 0.1) is 13.8 Å². The van der Waals surface area contributed by atoms with Crippen molar-refractivity contribution >= 4 is 21.6 Å². The molecule has 0 aliphatic carbocycles. The van der Waals surface area contributed by atoms with E-state index < -0.39 is 22.5 Å². The fourth-order valence-electron chi connectivity index (χ4n) is 2.21. The molecule has 0 aromatic heterocycles. The minimum Gasteiger partial charge on any atom is -0.435 e. The van der Waals surface area contributed by atoms with Gasteiger partial charge in [-0.1, -0.05) is 6.07 Å². The maximum absolute atomic E-state index is 12.2. The summed E-state index contributed by atoms with van der Waals surface area (Å²) in [5.41, 5.74) is 2.23. The van der Waals surface area contributed by atoms with Crippen LogP contribution < -0.4 is 14.8 Å². The Morgan fingerprint density at radius 2 is 1.74 bits per heavy atom. The SMILES string of the molecule is Cc1ccc(S(=O)(=O)NCCC(=O)Nc2ccc(OC(F)F)cc2)cc1C. The predicted molar refractivity (Wildman–Crippen MR) is 97.4 cm³/mol. The Labute approximate surface area is 156 Å². The molecule has 27 heavy (non-hydrogen) atoms. The van der Waals surface area contributed by atoms with E-state index in [1.54, 1.807) is 12.1 Å². The summed E-state index contributed by atoms with van der Waals surface area (Å²) in [7, 11) is -3.70. The molecule has 1 amide bonds. The molecule has 0 spiro atoms. The summed E-state index contributed by atoms with van der Waals surface area (Å²) in [6.07, 6.45) is -0.0840. The van der Waals surface area contributed by atoms with Crippen LogP contribution in [0.3, 0.4) is 0 Å². The Bertz CT molecular complexity index is 900.